The molecule has 6 nitrogen and oxygen atoms in total. The first kappa shape index (κ1) is 21.0. The predicted octanol–water partition coefficient (Wildman–Crippen LogP) is 3.26. The fourth-order valence-electron chi connectivity index (χ4n) is 1.97. The second-order valence-corrected chi connectivity index (χ2v) is 6.88. The fourth-order valence-corrected chi connectivity index (χ4v) is 1.97. The largest absolute Gasteiger partial charge is 0.381 e. The van der Waals surface area contributed by atoms with Crippen LogP contribution in [-0.2, 0) is 4.74 Å². The molecular weight excluding hydrogens is 318 g/mol. The minimum Gasteiger partial charge on any atom is -0.381 e. The van der Waals surface area contributed by atoms with Crippen LogP contribution in [0.25, 0.3) is 0 Å². The predicted molar refractivity (Wildman–Crippen MR) is 101 cm³/mol. The highest BCUT2D eigenvalue weighted by molar-refractivity contribution is 5.95. The summed E-state index contributed by atoms with van der Waals surface area (Å²) in [5.41, 5.74) is 1.22. The van der Waals surface area contributed by atoms with E-state index in [0.29, 0.717) is 42.8 Å². The summed E-state index contributed by atoms with van der Waals surface area (Å²) < 4.78 is 5.46. The molecule has 0 saturated heterocycles. The third-order valence-electron chi connectivity index (χ3n) is 3.28. The monoisotopic (exact) mass is 349 g/mol. The number of carbonyl (C=O) groups excluding carboxylic acids is 2. The Labute approximate surface area is 150 Å². The Kier molecular flexibility index (Phi) is 9.62. The molecule has 0 aliphatic carbocycles. The molecule has 140 valence electrons. The zero-order chi connectivity index (χ0) is 18.7. The van der Waals surface area contributed by atoms with Crippen LogP contribution in [0.5, 0.6) is 0 Å². The normalized spacial score (nSPS) is 10.8. The minimum atomic E-state index is -0.263. The number of nitrogens with one attached hydrogen (secondary N) is 3. The van der Waals surface area contributed by atoms with Gasteiger partial charge in [0.2, 0.25) is 0 Å². The number of carbonyl (C=O) groups is 2. The molecule has 25 heavy (non-hydrogen) atoms. The molecule has 1 aromatic rings. The van der Waals surface area contributed by atoms with E-state index in [0.717, 1.165) is 13.0 Å². The molecule has 3 amide bonds. The number of ether oxygens (including phenoxy) is 1. The van der Waals surface area contributed by atoms with E-state index in [1.54, 1.807) is 24.3 Å². The molecule has 1 rings (SSSR count). The standard InChI is InChI=1S/C19H31N3O3/c1-14(2)12-21-18(23)16-6-8-17(9-7-16)22-19(24)20-10-5-11-25-13-15(3)4/h6-9,14-15H,5,10-13H2,1-4H3,(H,21,23)(H2,20,22,24). The van der Waals surface area contributed by atoms with Gasteiger partial charge < -0.3 is 20.7 Å². The molecule has 0 aliphatic heterocycles. The third-order valence-corrected chi connectivity index (χ3v) is 3.28. The van der Waals surface area contributed by atoms with Crippen LogP contribution in [-0.4, -0.2) is 38.2 Å². The highest BCUT2D eigenvalue weighted by atomic mass is 16.5. The van der Waals surface area contributed by atoms with E-state index in [1.807, 2.05) is 13.8 Å². The van der Waals surface area contributed by atoms with E-state index >= 15 is 0 Å². The van der Waals surface area contributed by atoms with Crippen LogP contribution >= 0.6 is 0 Å². The van der Waals surface area contributed by atoms with Crippen LogP contribution in [0, 0.1) is 11.8 Å². The van der Waals surface area contributed by atoms with E-state index in [-0.39, 0.29) is 11.9 Å². The Balaban J connectivity index is 2.27. The first-order chi connectivity index (χ1) is 11.9. The maximum Gasteiger partial charge on any atom is 0.319 e. The summed E-state index contributed by atoms with van der Waals surface area (Å²) in [6, 6.07) is 6.57. The first-order valence-electron chi connectivity index (χ1n) is 8.89. The van der Waals surface area contributed by atoms with Gasteiger partial charge in [-0.25, -0.2) is 4.79 Å². The van der Waals surface area contributed by atoms with Crippen LogP contribution in [0.15, 0.2) is 24.3 Å². The number of hydrogen-bond donors (Lipinski definition) is 3. The van der Waals surface area contributed by atoms with Crippen molar-refractivity contribution in [2.24, 2.45) is 11.8 Å². The van der Waals surface area contributed by atoms with Crippen molar-refractivity contribution in [1.82, 2.24) is 10.6 Å². The van der Waals surface area contributed by atoms with Crippen LogP contribution in [0.4, 0.5) is 10.5 Å². The second-order valence-electron chi connectivity index (χ2n) is 6.88. The Morgan fingerprint density at radius 1 is 1.00 bits per heavy atom. The van der Waals surface area contributed by atoms with Crippen LogP contribution in [0.3, 0.4) is 0 Å². The molecule has 0 radical (unpaired) electrons. The van der Waals surface area contributed by atoms with Gasteiger partial charge in [-0.1, -0.05) is 27.7 Å². The van der Waals surface area contributed by atoms with Gasteiger partial charge in [0.05, 0.1) is 0 Å². The minimum absolute atomic E-state index is 0.105. The molecule has 0 spiro atoms. The van der Waals surface area contributed by atoms with Crippen molar-refractivity contribution in [2.75, 3.05) is 31.6 Å². The van der Waals surface area contributed by atoms with Gasteiger partial charge in [0.25, 0.3) is 5.91 Å². The Morgan fingerprint density at radius 2 is 1.68 bits per heavy atom. The lowest BCUT2D eigenvalue weighted by molar-refractivity contribution is 0.0949. The topological polar surface area (TPSA) is 79.5 Å². The summed E-state index contributed by atoms with van der Waals surface area (Å²) in [4.78, 5) is 23.7. The molecule has 0 aliphatic rings. The van der Waals surface area contributed by atoms with Crippen molar-refractivity contribution in [1.29, 1.82) is 0 Å². The van der Waals surface area contributed by atoms with Crippen molar-refractivity contribution >= 4 is 17.6 Å². The summed E-state index contributed by atoms with van der Waals surface area (Å²) in [5.74, 6) is 0.821. The van der Waals surface area contributed by atoms with Gasteiger partial charge in [0.15, 0.2) is 0 Å². The smallest absolute Gasteiger partial charge is 0.319 e. The number of rotatable bonds is 10. The van der Waals surface area contributed by atoms with Gasteiger partial charge in [-0.15, -0.1) is 0 Å². The zero-order valence-corrected chi connectivity index (χ0v) is 15.7. The van der Waals surface area contributed by atoms with E-state index in [9.17, 15) is 9.59 Å². The lowest BCUT2D eigenvalue weighted by Gasteiger charge is -2.10. The fraction of sp³-hybridized carbons (Fsp3) is 0.579. The molecular formula is C19H31N3O3. The number of amides is 3. The number of anilines is 1. The molecule has 1 aromatic carbocycles. The van der Waals surface area contributed by atoms with Crippen LogP contribution in [0.2, 0.25) is 0 Å². The molecule has 0 atom stereocenters. The molecule has 0 saturated carbocycles. The van der Waals surface area contributed by atoms with Crippen LogP contribution in [0.1, 0.15) is 44.5 Å². The van der Waals surface area contributed by atoms with Gasteiger partial charge in [-0.05, 0) is 42.5 Å². The van der Waals surface area contributed by atoms with Crippen molar-refractivity contribution in [3.63, 3.8) is 0 Å². The maximum atomic E-state index is 11.9. The van der Waals surface area contributed by atoms with Crippen molar-refractivity contribution in [2.45, 2.75) is 34.1 Å². The summed E-state index contributed by atoms with van der Waals surface area (Å²) in [6.45, 7) is 10.9. The first-order valence-corrected chi connectivity index (χ1v) is 8.89. The number of hydrogen-bond acceptors (Lipinski definition) is 3. The van der Waals surface area contributed by atoms with E-state index in [1.165, 1.54) is 0 Å². The molecule has 6 heteroatoms. The highest BCUT2D eigenvalue weighted by Gasteiger charge is 2.07. The number of urea groups is 1. The van der Waals surface area contributed by atoms with Gasteiger partial charge in [-0.2, -0.15) is 0 Å². The molecule has 0 unspecified atom stereocenters. The Bertz CT molecular complexity index is 527. The molecule has 0 fully saturated rings. The maximum absolute atomic E-state index is 11.9. The van der Waals surface area contributed by atoms with Crippen molar-refractivity contribution in [3.8, 4) is 0 Å². The molecule has 0 heterocycles. The summed E-state index contributed by atoms with van der Waals surface area (Å²) in [5, 5.41) is 8.38. The number of benzene rings is 1. The highest BCUT2D eigenvalue weighted by Crippen LogP contribution is 2.09. The van der Waals surface area contributed by atoms with E-state index < -0.39 is 0 Å². The summed E-state index contributed by atoms with van der Waals surface area (Å²) >= 11 is 0. The van der Waals surface area contributed by atoms with Gasteiger partial charge in [0.1, 0.15) is 0 Å². The summed E-state index contributed by atoms with van der Waals surface area (Å²) in [7, 11) is 0. The lowest BCUT2D eigenvalue weighted by Crippen LogP contribution is -2.30. The molecule has 3 N–H and O–H groups in total. The molecule has 0 aromatic heterocycles. The third kappa shape index (κ3) is 9.72. The SMILES string of the molecule is CC(C)CNC(=O)c1ccc(NC(=O)NCCCOCC(C)C)cc1. The van der Waals surface area contributed by atoms with Gasteiger partial charge in [-0.3, -0.25) is 4.79 Å². The lowest BCUT2D eigenvalue weighted by atomic mass is 10.1. The Hall–Kier alpha value is -2.08. The molecule has 0 bridgehead atoms. The van der Waals surface area contributed by atoms with Crippen molar-refractivity contribution in [3.05, 3.63) is 29.8 Å². The van der Waals surface area contributed by atoms with E-state index in [2.05, 4.69) is 29.8 Å². The average Bonchev–Trinajstić information content (AvgIpc) is 2.56. The quantitative estimate of drug-likeness (QED) is 0.567. The van der Waals surface area contributed by atoms with Gasteiger partial charge >= 0.3 is 6.03 Å². The zero-order valence-electron chi connectivity index (χ0n) is 15.7. The average molecular weight is 349 g/mol. The Morgan fingerprint density at radius 3 is 2.28 bits per heavy atom. The second kappa shape index (κ2) is 11.5. The summed E-state index contributed by atoms with van der Waals surface area (Å²) in [6.07, 6.45) is 0.773. The van der Waals surface area contributed by atoms with Crippen molar-refractivity contribution < 1.29 is 14.3 Å². The van der Waals surface area contributed by atoms with E-state index in [4.69, 9.17) is 4.74 Å². The van der Waals surface area contributed by atoms with Gasteiger partial charge in [0, 0.05) is 37.6 Å². The van der Waals surface area contributed by atoms with Crippen LogP contribution < -0.4 is 16.0 Å².